The fourth-order valence-electron chi connectivity index (χ4n) is 2.62. The summed E-state index contributed by atoms with van der Waals surface area (Å²) in [6, 6.07) is 17.1. The fourth-order valence-corrected chi connectivity index (χ4v) is 2.62. The molecule has 0 fully saturated rings. The summed E-state index contributed by atoms with van der Waals surface area (Å²) in [5, 5.41) is 13.3. The van der Waals surface area contributed by atoms with Crippen LogP contribution in [0.25, 0.3) is 10.9 Å². The van der Waals surface area contributed by atoms with Gasteiger partial charge in [0.25, 0.3) is 0 Å². The summed E-state index contributed by atoms with van der Waals surface area (Å²) in [6.45, 7) is 3.97. The molecule has 3 rings (SSSR count). The SMILES string of the molecule is CC(C)Oc1ccc(Nc2cc(CC(=O)O)nc3ccccc23)cc1. The minimum absolute atomic E-state index is 0.110. The van der Waals surface area contributed by atoms with Crippen molar-refractivity contribution in [2.45, 2.75) is 26.4 Å². The molecule has 0 spiro atoms. The van der Waals surface area contributed by atoms with Crippen molar-refractivity contribution in [1.82, 2.24) is 4.98 Å². The van der Waals surface area contributed by atoms with E-state index in [1.807, 2.05) is 62.4 Å². The summed E-state index contributed by atoms with van der Waals surface area (Å²) in [5.74, 6) is -0.0874. The van der Waals surface area contributed by atoms with Crippen LogP contribution in [0.15, 0.2) is 54.6 Å². The van der Waals surface area contributed by atoms with Crippen molar-refractivity contribution in [3.8, 4) is 5.75 Å². The monoisotopic (exact) mass is 336 g/mol. The molecule has 0 aliphatic carbocycles. The van der Waals surface area contributed by atoms with E-state index >= 15 is 0 Å². The lowest BCUT2D eigenvalue weighted by molar-refractivity contribution is -0.136. The molecule has 5 heteroatoms. The minimum Gasteiger partial charge on any atom is -0.491 e. The van der Waals surface area contributed by atoms with Crippen LogP contribution in [0.3, 0.4) is 0 Å². The van der Waals surface area contributed by atoms with Crippen molar-refractivity contribution >= 4 is 28.2 Å². The Bertz CT molecular complexity index is 889. The van der Waals surface area contributed by atoms with Gasteiger partial charge in [-0.15, -0.1) is 0 Å². The Morgan fingerprint density at radius 2 is 1.88 bits per heavy atom. The van der Waals surface area contributed by atoms with Crippen LogP contribution in [0.2, 0.25) is 0 Å². The predicted molar refractivity (Wildman–Crippen MR) is 98.6 cm³/mol. The van der Waals surface area contributed by atoms with Gasteiger partial charge in [0.1, 0.15) is 5.75 Å². The topological polar surface area (TPSA) is 71.5 Å². The summed E-state index contributed by atoms with van der Waals surface area (Å²) in [6.07, 6.45) is 0.0160. The predicted octanol–water partition coefficient (Wildman–Crippen LogP) is 4.39. The van der Waals surface area contributed by atoms with Crippen LogP contribution in [0.1, 0.15) is 19.5 Å². The number of aliphatic carboxylic acids is 1. The molecule has 2 N–H and O–H groups in total. The van der Waals surface area contributed by atoms with E-state index in [-0.39, 0.29) is 12.5 Å². The zero-order valence-corrected chi connectivity index (χ0v) is 14.2. The molecule has 0 atom stereocenters. The number of nitrogens with zero attached hydrogens (tertiary/aromatic N) is 1. The number of pyridine rings is 1. The lowest BCUT2D eigenvalue weighted by Crippen LogP contribution is -2.05. The van der Waals surface area contributed by atoms with Crippen LogP contribution in [0.5, 0.6) is 5.75 Å². The third-order valence-electron chi connectivity index (χ3n) is 3.61. The molecule has 3 aromatic rings. The molecule has 1 aromatic heterocycles. The standard InChI is InChI=1S/C20H20N2O3/c1-13(2)25-16-9-7-14(8-10-16)21-19-11-15(12-20(23)24)22-18-6-4-3-5-17(18)19/h3-11,13H,12H2,1-2H3,(H,21,22)(H,23,24). The first-order chi connectivity index (χ1) is 12.0. The first-order valence-corrected chi connectivity index (χ1v) is 8.15. The number of para-hydroxylation sites is 1. The van der Waals surface area contributed by atoms with Crippen molar-refractivity contribution in [3.63, 3.8) is 0 Å². The number of hydrogen-bond donors (Lipinski definition) is 2. The minimum atomic E-state index is -0.899. The van der Waals surface area contributed by atoms with E-state index in [1.165, 1.54) is 0 Å². The highest BCUT2D eigenvalue weighted by atomic mass is 16.5. The molecule has 0 aliphatic rings. The Balaban J connectivity index is 1.92. The number of hydrogen-bond acceptors (Lipinski definition) is 4. The van der Waals surface area contributed by atoms with Crippen molar-refractivity contribution in [2.24, 2.45) is 0 Å². The van der Waals surface area contributed by atoms with E-state index in [4.69, 9.17) is 9.84 Å². The van der Waals surface area contributed by atoms with E-state index in [0.717, 1.165) is 28.0 Å². The molecule has 25 heavy (non-hydrogen) atoms. The van der Waals surface area contributed by atoms with Gasteiger partial charge < -0.3 is 15.2 Å². The Hall–Kier alpha value is -3.08. The van der Waals surface area contributed by atoms with Gasteiger partial charge in [0.15, 0.2) is 0 Å². The van der Waals surface area contributed by atoms with Gasteiger partial charge in [-0.2, -0.15) is 0 Å². The number of rotatable bonds is 6. The maximum Gasteiger partial charge on any atom is 0.309 e. The second kappa shape index (κ2) is 7.21. The Morgan fingerprint density at radius 1 is 1.16 bits per heavy atom. The third-order valence-corrected chi connectivity index (χ3v) is 3.61. The van der Waals surface area contributed by atoms with Crippen molar-refractivity contribution in [2.75, 3.05) is 5.32 Å². The number of carboxylic acid groups (broad SMARTS) is 1. The maximum absolute atomic E-state index is 11.0. The van der Waals surface area contributed by atoms with Crippen LogP contribution in [-0.2, 0) is 11.2 Å². The lowest BCUT2D eigenvalue weighted by Gasteiger charge is -2.13. The van der Waals surface area contributed by atoms with Crippen LogP contribution < -0.4 is 10.1 Å². The van der Waals surface area contributed by atoms with Crippen LogP contribution in [-0.4, -0.2) is 22.2 Å². The number of anilines is 2. The highest BCUT2D eigenvalue weighted by molar-refractivity contribution is 5.93. The summed E-state index contributed by atoms with van der Waals surface area (Å²) < 4.78 is 5.65. The molecular formula is C20H20N2O3. The quantitative estimate of drug-likeness (QED) is 0.698. The Kier molecular flexibility index (Phi) is 4.84. The summed E-state index contributed by atoms with van der Waals surface area (Å²) in [5.41, 5.74) is 3.02. The van der Waals surface area contributed by atoms with E-state index in [1.54, 1.807) is 6.07 Å². The Labute approximate surface area is 146 Å². The second-order valence-electron chi connectivity index (χ2n) is 6.06. The average molecular weight is 336 g/mol. The van der Waals surface area contributed by atoms with Gasteiger partial charge in [0.2, 0.25) is 0 Å². The number of carbonyl (C=O) groups is 1. The molecule has 2 aromatic carbocycles. The summed E-state index contributed by atoms with van der Waals surface area (Å²) in [4.78, 5) is 15.4. The van der Waals surface area contributed by atoms with Gasteiger partial charge in [-0.3, -0.25) is 9.78 Å². The van der Waals surface area contributed by atoms with Crippen LogP contribution in [0.4, 0.5) is 11.4 Å². The zero-order valence-electron chi connectivity index (χ0n) is 14.2. The molecule has 128 valence electrons. The first kappa shape index (κ1) is 16.8. The largest absolute Gasteiger partial charge is 0.491 e. The second-order valence-corrected chi connectivity index (χ2v) is 6.06. The Morgan fingerprint density at radius 3 is 2.56 bits per heavy atom. The number of aromatic nitrogens is 1. The molecular weight excluding hydrogens is 316 g/mol. The molecule has 0 amide bonds. The number of fused-ring (bicyclic) bond motifs is 1. The number of ether oxygens (including phenoxy) is 1. The van der Waals surface area contributed by atoms with Crippen molar-refractivity contribution in [3.05, 3.63) is 60.3 Å². The number of benzene rings is 2. The van der Waals surface area contributed by atoms with Crippen LogP contribution >= 0.6 is 0 Å². The highest BCUT2D eigenvalue weighted by Crippen LogP contribution is 2.27. The molecule has 0 saturated heterocycles. The van der Waals surface area contributed by atoms with Gasteiger partial charge in [-0.25, -0.2) is 0 Å². The maximum atomic E-state index is 11.0. The zero-order chi connectivity index (χ0) is 17.8. The van der Waals surface area contributed by atoms with E-state index in [0.29, 0.717) is 5.69 Å². The summed E-state index contributed by atoms with van der Waals surface area (Å²) >= 11 is 0. The van der Waals surface area contributed by atoms with Gasteiger partial charge >= 0.3 is 5.97 Å². The number of nitrogens with one attached hydrogen (secondary N) is 1. The third kappa shape index (κ3) is 4.26. The normalized spacial score (nSPS) is 10.8. The lowest BCUT2D eigenvalue weighted by atomic mass is 10.1. The molecule has 0 bridgehead atoms. The van der Waals surface area contributed by atoms with Crippen molar-refractivity contribution in [1.29, 1.82) is 0 Å². The summed E-state index contributed by atoms with van der Waals surface area (Å²) in [7, 11) is 0. The molecule has 5 nitrogen and oxygen atoms in total. The fraction of sp³-hybridized carbons (Fsp3) is 0.200. The van der Waals surface area contributed by atoms with E-state index < -0.39 is 5.97 Å². The van der Waals surface area contributed by atoms with E-state index in [2.05, 4.69) is 10.3 Å². The van der Waals surface area contributed by atoms with Gasteiger partial charge in [0.05, 0.1) is 23.7 Å². The smallest absolute Gasteiger partial charge is 0.309 e. The average Bonchev–Trinajstić information content (AvgIpc) is 2.55. The molecule has 1 heterocycles. The molecule has 0 saturated carbocycles. The number of carboxylic acids is 1. The van der Waals surface area contributed by atoms with Gasteiger partial charge in [0, 0.05) is 16.8 Å². The molecule has 0 radical (unpaired) electrons. The van der Waals surface area contributed by atoms with Gasteiger partial charge in [-0.05, 0) is 50.2 Å². The molecule has 0 unspecified atom stereocenters. The van der Waals surface area contributed by atoms with E-state index in [9.17, 15) is 4.79 Å². The van der Waals surface area contributed by atoms with Crippen LogP contribution in [0, 0.1) is 0 Å². The molecule has 0 aliphatic heterocycles. The van der Waals surface area contributed by atoms with Gasteiger partial charge in [-0.1, -0.05) is 18.2 Å². The highest BCUT2D eigenvalue weighted by Gasteiger charge is 2.09. The first-order valence-electron chi connectivity index (χ1n) is 8.15. The van der Waals surface area contributed by atoms with Crippen molar-refractivity contribution < 1.29 is 14.6 Å².